The first-order valence-electron chi connectivity index (χ1n) is 3.37. The second-order valence-electron chi connectivity index (χ2n) is 1.52. The van der Waals surface area contributed by atoms with Crippen molar-refractivity contribution in [3.05, 3.63) is 0 Å². The largest absolute Gasteiger partial charge is 0.0901 e. The van der Waals surface area contributed by atoms with Crippen LogP contribution in [0.5, 0.6) is 0 Å². The van der Waals surface area contributed by atoms with Crippen LogP contribution in [-0.2, 0) is 0 Å². The van der Waals surface area contributed by atoms with Gasteiger partial charge in [0.15, 0.2) is 0 Å². The molecule has 0 radical (unpaired) electrons. The fourth-order valence-corrected chi connectivity index (χ4v) is 8.41. The van der Waals surface area contributed by atoms with Crippen LogP contribution in [0, 0.1) is 0 Å². The van der Waals surface area contributed by atoms with Crippen LogP contribution in [0.1, 0.15) is 1.37 Å². The fourth-order valence-electron chi connectivity index (χ4n) is 0.502. The molecule has 10 heavy (non-hydrogen) atoms. The molecule has 0 spiro atoms. The van der Waals surface area contributed by atoms with Crippen molar-refractivity contribution >= 4 is 77.8 Å². The van der Waals surface area contributed by atoms with Gasteiger partial charge in [0.25, 0.3) is 0 Å². The third-order valence-electron chi connectivity index (χ3n) is 0.904. The zero-order valence-electron chi connectivity index (χ0n) is 6.36. The second kappa shape index (κ2) is 8.08. The van der Waals surface area contributed by atoms with Crippen LogP contribution in [0.4, 0.5) is 0 Å². The molecule has 0 saturated carbocycles. The van der Waals surface area contributed by atoms with Gasteiger partial charge in [0.2, 0.25) is 0 Å². The molecule has 1 aliphatic heterocycles. The van der Waals surface area contributed by atoms with Gasteiger partial charge in [-0.1, -0.05) is 22.6 Å². The molecule has 1 rings (SSSR count). The van der Waals surface area contributed by atoms with Crippen molar-refractivity contribution in [2.45, 2.75) is 18.9 Å². The molecule has 1 fully saturated rings. The fraction of sp³-hybridized carbons (Fsp3) is 1.00. The zero-order chi connectivity index (χ0) is 8.69. The van der Waals surface area contributed by atoms with Gasteiger partial charge in [-0.2, -0.15) is 0 Å². The minimum atomic E-state index is 0.470. The van der Waals surface area contributed by atoms with E-state index < -0.39 is 0 Å². The first kappa shape index (κ1) is 10.5. The van der Waals surface area contributed by atoms with Gasteiger partial charge in [-0.05, 0) is 4.91 Å². The summed E-state index contributed by atoms with van der Waals surface area (Å²) in [6, 6.07) is 0. The minimum Gasteiger partial charge on any atom is -0.0901 e. The van der Waals surface area contributed by atoms with Gasteiger partial charge < -0.3 is 0 Å². The van der Waals surface area contributed by atoms with Crippen LogP contribution < -0.4 is 0 Å². The molecule has 1 heterocycles. The number of hydrogen-bond donors (Lipinski definition) is 2. The summed E-state index contributed by atoms with van der Waals surface area (Å²) in [5, 5.41) is 2.89. The number of alkyl halides is 1. The van der Waals surface area contributed by atoms with Crippen molar-refractivity contribution in [1.82, 2.24) is 0 Å². The van der Waals surface area contributed by atoms with E-state index in [1.54, 1.807) is 0 Å². The van der Waals surface area contributed by atoms with Crippen molar-refractivity contribution in [2.75, 3.05) is 4.91 Å². The van der Waals surface area contributed by atoms with Gasteiger partial charge in [0.05, 0.1) is 0 Å². The van der Waals surface area contributed by atoms with Gasteiger partial charge >= 0.3 is 74.1 Å². The number of thiol groups is 2. The predicted octanol–water partition coefficient (Wildman–Crippen LogP) is 1.81. The molecular weight excluding hydrogens is 409 g/mol. The Kier molecular flexibility index (Phi) is 8.53. The van der Waals surface area contributed by atoms with E-state index in [1.165, 1.54) is 10.6 Å². The van der Waals surface area contributed by atoms with E-state index >= 15 is 0 Å². The maximum absolute atomic E-state index is 6.20. The summed E-state index contributed by atoms with van der Waals surface area (Å²) in [7, 11) is 0. The smallest absolute Gasteiger partial charge is 0.0341 e. The quantitative estimate of drug-likeness (QED) is 0.254. The first-order valence-corrected chi connectivity index (χ1v) is 9.62. The molecule has 1 saturated heterocycles. The van der Waals surface area contributed by atoms with Crippen LogP contribution in [0.2, 0.25) is 10.6 Å². The molecule has 2 unspecified atom stereocenters. The topological polar surface area (TPSA) is 0 Å². The van der Waals surface area contributed by atoms with E-state index in [9.17, 15) is 0 Å². The summed E-state index contributed by atoms with van der Waals surface area (Å²) in [6.45, 7) is 0. The van der Waals surface area contributed by atoms with E-state index in [2.05, 4.69) is 25.3 Å². The van der Waals surface area contributed by atoms with E-state index in [0.29, 0.717) is 13.2 Å². The molecule has 62 valence electrons. The molecule has 0 aliphatic carbocycles. The Hall–Kier alpha value is 2.47. The van der Waals surface area contributed by atoms with E-state index in [-0.39, 0.29) is 0 Å². The van der Waals surface area contributed by atoms with E-state index in [4.69, 9.17) is 1.37 Å². The van der Waals surface area contributed by atoms with E-state index in [0.717, 1.165) is 29.9 Å². The van der Waals surface area contributed by atoms with Gasteiger partial charge in [-0.3, -0.25) is 0 Å². The third-order valence-corrected chi connectivity index (χ3v) is 10.8. The number of hydrogen-bond acceptors (Lipinski definition) is 2. The monoisotopic (exact) mass is 423 g/mol. The summed E-state index contributed by atoms with van der Waals surface area (Å²) in [4.78, 5) is 0.470. The normalized spacial score (nSPS) is 33.7. The summed E-state index contributed by atoms with van der Waals surface area (Å²) in [6.07, 6.45) is 0. The summed E-state index contributed by atoms with van der Waals surface area (Å²) < 4.78 is 7.50. The molecule has 2 atom stereocenters. The van der Waals surface area contributed by atoms with Crippen molar-refractivity contribution in [2.24, 2.45) is 0 Å². The third kappa shape index (κ3) is 5.17. The number of rotatable bonds is 0. The van der Waals surface area contributed by atoms with Gasteiger partial charge in [0, 0.05) is 1.37 Å². The Balaban J connectivity index is 0.000000292. The Morgan fingerprint density at radius 2 is 1.70 bits per heavy atom. The molecule has 0 aromatic rings. The van der Waals surface area contributed by atoms with Crippen LogP contribution >= 0.6 is 47.8 Å². The van der Waals surface area contributed by atoms with E-state index in [1.807, 2.05) is 22.6 Å². The molecule has 0 N–H and O–H groups in total. The van der Waals surface area contributed by atoms with Crippen molar-refractivity contribution in [3.63, 3.8) is 0 Å². The van der Waals surface area contributed by atoms with Crippen molar-refractivity contribution in [3.8, 4) is 0 Å². The van der Waals surface area contributed by atoms with Crippen LogP contribution in [0.15, 0.2) is 0 Å². The second-order valence-corrected chi connectivity index (χ2v) is 9.45. The minimum absolute atomic E-state index is 0.470. The van der Waals surface area contributed by atoms with Crippen LogP contribution in [0.3, 0.4) is 0 Å². The standard InChI is InChI=1S/C4H8S2Se2.CH3I/c5-3-4(6)8-2-1-7-3;1-2/h3-6H,1-2H2;1H3/i;1D. The zero-order valence-corrected chi connectivity index (χ0v) is 12.7. The maximum Gasteiger partial charge on any atom is 0.0341 e. The van der Waals surface area contributed by atoms with Gasteiger partial charge in [-0.15, -0.1) is 0 Å². The Bertz CT molecular complexity index is 88.6. The van der Waals surface area contributed by atoms with Crippen molar-refractivity contribution in [1.29, 1.82) is 0 Å². The van der Waals surface area contributed by atoms with Crippen LogP contribution in [0.25, 0.3) is 0 Å². The molecule has 0 nitrogen and oxygen atoms in total. The van der Waals surface area contributed by atoms with Gasteiger partial charge in [0.1, 0.15) is 0 Å². The molecular formula is C5H11IS2Se2. The summed E-state index contributed by atoms with van der Waals surface area (Å²) >= 11 is 12.4. The predicted molar refractivity (Wildman–Crippen MR) is 66.6 cm³/mol. The average Bonchev–Trinajstić information content (AvgIpc) is 1.97. The molecule has 1 aliphatic rings. The Morgan fingerprint density at radius 1 is 1.40 bits per heavy atom. The SMILES string of the molecule is SC1[Se]CC[Se]C1S.[2H]CI. The van der Waals surface area contributed by atoms with Crippen molar-refractivity contribution < 1.29 is 1.37 Å². The van der Waals surface area contributed by atoms with Crippen LogP contribution in [-0.4, -0.2) is 43.1 Å². The Morgan fingerprint density at radius 3 is 1.90 bits per heavy atom. The number of halogens is 1. The molecule has 0 amide bonds. The summed E-state index contributed by atoms with van der Waals surface area (Å²) in [5.41, 5.74) is 0. The molecule has 0 bridgehead atoms. The first-order chi connectivity index (χ1) is 5.22. The maximum atomic E-state index is 6.20. The van der Waals surface area contributed by atoms with Gasteiger partial charge in [-0.25, -0.2) is 0 Å². The molecule has 5 heteroatoms. The molecule has 0 aromatic heterocycles. The summed E-state index contributed by atoms with van der Waals surface area (Å²) in [5.74, 6) is 0. The Labute approximate surface area is 102 Å². The molecule has 0 aromatic carbocycles. The average molecular weight is 421 g/mol.